The van der Waals surface area contributed by atoms with Gasteiger partial charge >= 0.3 is 11.8 Å². The Hall–Kier alpha value is -4.20. The number of rotatable bonds is 4. The molecule has 0 unspecified atom stereocenters. The normalized spacial score (nSPS) is 10.7. The summed E-state index contributed by atoms with van der Waals surface area (Å²) >= 11 is 0. The maximum Gasteiger partial charge on any atom is 0.314 e. The van der Waals surface area contributed by atoms with Crippen LogP contribution in [0.4, 0.5) is 11.5 Å². The van der Waals surface area contributed by atoms with Gasteiger partial charge in [0.2, 0.25) is 0 Å². The van der Waals surface area contributed by atoms with E-state index in [1.54, 1.807) is 13.2 Å². The van der Waals surface area contributed by atoms with Crippen molar-refractivity contribution >= 4 is 34.2 Å². The van der Waals surface area contributed by atoms with Crippen LogP contribution in [0.5, 0.6) is 0 Å². The van der Waals surface area contributed by atoms with Gasteiger partial charge in [0.25, 0.3) is 0 Å². The maximum absolute atomic E-state index is 12.7. The van der Waals surface area contributed by atoms with Crippen LogP contribution in [0.25, 0.3) is 22.0 Å². The Bertz CT molecular complexity index is 1220. The van der Waals surface area contributed by atoms with Crippen molar-refractivity contribution < 1.29 is 9.59 Å². The number of nitrogens with zero attached hydrogens (tertiary/aromatic N) is 3. The Morgan fingerprint density at radius 1 is 1.10 bits per heavy atom. The van der Waals surface area contributed by atoms with Gasteiger partial charge in [-0.2, -0.15) is 5.10 Å². The number of hydrogen-bond acceptors (Lipinski definition) is 5. The molecule has 4 rings (SSSR count). The van der Waals surface area contributed by atoms with Crippen molar-refractivity contribution in [2.24, 2.45) is 0 Å². The van der Waals surface area contributed by atoms with Crippen molar-refractivity contribution in [3.8, 4) is 11.1 Å². The summed E-state index contributed by atoms with van der Waals surface area (Å²) in [7, 11) is 1.59. The van der Waals surface area contributed by atoms with Crippen LogP contribution < -0.4 is 11.1 Å². The number of fused-ring (bicyclic) bond motifs is 1. The molecule has 0 fully saturated rings. The zero-order valence-corrected chi connectivity index (χ0v) is 16.3. The van der Waals surface area contributed by atoms with E-state index in [4.69, 9.17) is 5.73 Å². The molecule has 0 aliphatic rings. The minimum absolute atomic E-state index is 0.287. The second-order valence-electron chi connectivity index (χ2n) is 6.84. The molecular formula is C22H20N6O2. The third-order valence-electron chi connectivity index (χ3n) is 4.80. The van der Waals surface area contributed by atoms with Gasteiger partial charge in [-0.1, -0.05) is 54.6 Å². The first-order valence-corrected chi connectivity index (χ1v) is 9.32. The summed E-state index contributed by atoms with van der Waals surface area (Å²) in [5.41, 5.74) is 9.56. The van der Waals surface area contributed by atoms with E-state index in [9.17, 15) is 9.59 Å². The Morgan fingerprint density at radius 2 is 1.83 bits per heavy atom. The Balaban J connectivity index is 1.51. The smallest absolute Gasteiger partial charge is 0.314 e. The van der Waals surface area contributed by atoms with Gasteiger partial charge in [0.05, 0.1) is 17.3 Å². The number of likely N-dealkylation sites (N-methyl/N-ethyl adjacent to an activating group) is 1. The number of hydrogen-bond donors (Lipinski definition) is 3. The van der Waals surface area contributed by atoms with E-state index in [1.165, 1.54) is 11.1 Å². The SMILES string of the molecule is CN(Cc1ccccc1-c1ccccc1)C(=O)C(=O)Nc1cnc(N)c2c[nH]nc12. The highest BCUT2D eigenvalue weighted by molar-refractivity contribution is 6.40. The van der Waals surface area contributed by atoms with Gasteiger partial charge in [0.15, 0.2) is 0 Å². The van der Waals surface area contributed by atoms with Crippen molar-refractivity contribution in [3.63, 3.8) is 0 Å². The summed E-state index contributed by atoms with van der Waals surface area (Å²) in [4.78, 5) is 30.6. The van der Waals surface area contributed by atoms with E-state index in [1.807, 2.05) is 54.6 Å². The number of benzene rings is 2. The largest absolute Gasteiger partial charge is 0.383 e. The van der Waals surface area contributed by atoms with Gasteiger partial charge in [-0.3, -0.25) is 14.7 Å². The van der Waals surface area contributed by atoms with Crippen molar-refractivity contribution in [1.82, 2.24) is 20.1 Å². The van der Waals surface area contributed by atoms with Crippen LogP contribution in [0.2, 0.25) is 0 Å². The predicted octanol–water partition coefficient (Wildman–Crippen LogP) is 2.80. The molecule has 0 saturated heterocycles. The van der Waals surface area contributed by atoms with Crippen LogP contribution >= 0.6 is 0 Å². The lowest BCUT2D eigenvalue weighted by Gasteiger charge is -2.19. The fourth-order valence-corrected chi connectivity index (χ4v) is 3.28. The summed E-state index contributed by atoms with van der Waals surface area (Å²) < 4.78 is 0. The van der Waals surface area contributed by atoms with Gasteiger partial charge in [-0.05, 0) is 16.7 Å². The third-order valence-corrected chi connectivity index (χ3v) is 4.80. The van der Waals surface area contributed by atoms with E-state index in [-0.39, 0.29) is 12.4 Å². The van der Waals surface area contributed by atoms with Crippen LogP contribution in [0.15, 0.2) is 67.0 Å². The molecule has 0 aliphatic heterocycles. The number of H-pyrrole nitrogens is 1. The fourth-order valence-electron chi connectivity index (χ4n) is 3.28. The van der Waals surface area contributed by atoms with Gasteiger partial charge in [0, 0.05) is 19.8 Å². The zero-order valence-electron chi connectivity index (χ0n) is 16.3. The number of nitrogen functional groups attached to an aromatic ring is 1. The highest BCUT2D eigenvalue weighted by Crippen LogP contribution is 2.25. The summed E-state index contributed by atoms with van der Waals surface area (Å²) in [6, 6.07) is 17.7. The number of aromatic nitrogens is 3. The summed E-state index contributed by atoms with van der Waals surface area (Å²) in [6.07, 6.45) is 2.97. The molecule has 4 aromatic rings. The molecule has 0 spiro atoms. The molecule has 2 amide bonds. The number of carbonyl (C=O) groups is 2. The van der Waals surface area contributed by atoms with E-state index >= 15 is 0 Å². The Labute approximate surface area is 172 Å². The van der Waals surface area contributed by atoms with Crippen molar-refractivity contribution in [2.45, 2.75) is 6.54 Å². The molecule has 0 bridgehead atoms. The number of carbonyl (C=O) groups excluding carboxylic acids is 2. The number of nitrogens with two attached hydrogens (primary N) is 1. The number of anilines is 2. The molecule has 150 valence electrons. The number of aromatic amines is 1. The molecule has 0 atom stereocenters. The number of amides is 2. The summed E-state index contributed by atoms with van der Waals surface area (Å²) in [5, 5.41) is 9.90. The molecule has 0 radical (unpaired) electrons. The average molecular weight is 400 g/mol. The van der Waals surface area contributed by atoms with Crippen molar-refractivity contribution in [2.75, 3.05) is 18.1 Å². The minimum atomic E-state index is -0.773. The molecule has 2 aromatic carbocycles. The molecule has 8 nitrogen and oxygen atoms in total. The highest BCUT2D eigenvalue weighted by Gasteiger charge is 2.21. The van der Waals surface area contributed by atoms with Gasteiger partial charge in [-0.25, -0.2) is 4.98 Å². The lowest BCUT2D eigenvalue weighted by molar-refractivity contribution is -0.142. The Morgan fingerprint density at radius 3 is 2.63 bits per heavy atom. The van der Waals surface area contributed by atoms with Crippen LogP contribution in [0, 0.1) is 0 Å². The van der Waals surface area contributed by atoms with Gasteiger partial charge < -0.3 is 16.0 Å². The van der Waals surface area contributed by atoms with Crippen LogP contribution in [-0.4, -0.2) is 38.9 Å². The van der Waals surface area contributed by atoms with E-state index < -0.39 is 11.8 Å². The predicted molar refractivity (Wildman–Crippen MR) is 115 cm³/mol. The third kappa shape index (κ3) is 3.70. The first-order valence-electron chi connectivity index (χ1n) is 9.32. The standard InChI is InChI=1S/C22H20N6O2/c1-28(13-15-9-5-6-10-16(15)14-7-3-2-4-8-14)22(30)21(29)26-18-12-24-20(23)17-11-25-27-19(17)18/h2-12H,13H2,1H3,(H2,23,24)(H,25,27)(H,26,29). The quantitative estimate of drug-likeness (QED) is 0.456. The molecule has 30 heavy (non-hydrogen) atoms. The fraction of sp³-hybridized carbons (Fsp3) is 0.0909. The first-order chi connectivity index (χ1) is 14.5. The van der Waals surface area contributed by atoms with Crippen LogP contribution in [0.3, 0.4) is 0 Å². The van der Waals surface area contributed by atoms with Crippen LogP contribution in [0.1, 0.15) is 5.56 Å². The monoisotopic (exact) mass is 400 g/mol. The van der Waals surface area contributed by atoms with E-state index in [2.05, 4.69) is 20.5 Å². The average Bonchev–Trinajstić information content (AvgIpc) is 3.27. The van der Waals surface area contributed by atoms with Crippen molar-refractivity contribution in [3.05, 3.63) is 72.6 Å². The van der Waals surface area contributed by atoms with E-state index in [0.29, 0.717) is 16.6 Å². The lowest BCUT2D eigenvalue weighted by Crippen LogP contribution is -2.36. The minimum Gasteiger partial charge on any atom is -0.383 e. The number of nitrogens with one attached hydrogen (secondary N) is 2. The first kappa shape index (κ1) is 19.1. The number of pyridine rings is 1. The summed E-state index contributed by atoms with van der Waals surface area (Å²) in [6.45, 7) is 0.287. The highest BCUT2D eigenvalue weighted by atomic mass is 16.2. The van der Waals surface area contributed by atoms with E-state index in [0.717, 1.165) is 16.7 Å². The molecule has 0 saturated carbocycles. The lowest BCUT2D eigenvalue weighted by atomic mass is 9.99. The molecule has 0 aliphatic carbocycles. The molecule has 2 heterocycles. The Kier molecular flexibility index (Phi) is 5.13. The maximum atomic E-state index is 12.7. The van der Waals surface area contributed by atoms with Gasteiger partial charge in [0.1, 0.15) is 11.3 Å². The molecule has 8 heteroatoms. The molecular weight excluding hydrogens is 380 g/mol. The second kappa shape index (κ2) is 8.04. The zero-order chi connectivity index (χ0) is 21.1. The van der Waals surface area contributed by atoms with Crippen LogP contribution in [-0.2, 0) is 16.1 Å². The van der Waals surface area contributed by atoms with Gasteiger partial charge in [-0.15, -0.1) is 0 Å². The topological polar surface area (TPSA) is 117 Å². The molecule has 2 aromatic heterocycles. The summed E-state index contributed by atoms with van der Waals surface area (Å²) in [5.74, 6) is -1.15. The second-order valence-corrected chi connectivity index (χ2v) is 6.84. The van der Waals surface area contributed by atoms with Crippen molar-refractivity contribution in [1.29, 1.82) is 0 Å². The molecule has 4 N–H and O–H groups in total.